The Labute approximate surface area is 143 Å². The van der Waals surface area contributed by atoms with Crippen LogP contribution in [0.25, 0.3) is 0 Å². The number of hydrogen-bond acceptors (Lipinski definition) is 3. The van der Waals surface area contributed by atoms with Crippen molar-refractivity contribution in [2.75, 3.05) is 6.54 Å². The molecule has 0 bridgehead atoms. The Hall–Kier alpha value is -2.20. The van der Waals surface area contributed by atoms with Gasteiger partial charge in [0.1, 0.15) is 0 Å². The minimum absolute atomic E-state index is 0.133. The molecule has 0 saturated carbocycles. The van der Waals surface area contributed by atoms with Gasteiger partial charge in [0, 0.05) is 18.7 Å². The quantitative estimate of drug-likeness (QED) is 0.879. The zero-order valence-corrected chi connectivity index (χ0v) is 14.1. The Morgan fingerprint density at radius 3 is 2.92 bits per heavy atom. The molecular formula is C20H24N2O2. The average Bonchev–Trinajstić information content (AvgIpc) is 3.01. The molecule has 0 aliphatic carbocycles. The van der Waals surface area contributed by atoms with Crippen LogP contribution in [0.15, 0.2) is 42.5 Å². The summed E-state index contributed by atoms with van der Waals surface area (Å²) in [5.41, 5.74) is 4.57. The van der Waals surface area contributed by atoms with E-state index in [1.165, 1.54) is 17.5 Å². The number of aromatic nitrogens is 1. The van der Waals surface area contributed by atoms with Crippen LogP contribution in [-0.4, -0.2) is 27.5 Å². The second kappa shape index (κ2) is 7.58. The van der Waals surface area contributed by atoms with Crippen molar-refractivity contribution in [1.82, 2.24) is 9.88 Å². The van der Waals surface area contributed by atoms with Crippen LogP contribution in [0.2, 0.25) is 0 Å². The van der Waals surface area contributed by atoms with E-state index in [2.05, 4.69) is 42.2 Å². The summed E-state index contributed by atoms with van der Waals surface area (Å²) in [6.45, 7) is 4.14. The predicted octanol–water partition coefficient (Wildman–Crippen LogP) is 3.74. The maximum absolute atomic E-state index is 10.8. The van der Waals surface area contributed by atoms with E-state index in [0.29, 0.717) is 12.5 Å². The standard InChI is InChI=1S/C20H24N2O2/c1-15-5-2-6-16(13-15)14-22-12-4-9-19(22)18-8-3-7-17(21-18)10-11-20(23)24/h2-3,5-8,13,19H,4,9-12,14H2,1H3,(H,23,24)/t19-/m0/s1. The molecule has 0 amide bonds. The van der Waals surface area contributed by atoms with E-state index < -0.39 is 5.97 Å². The molecule has 2 heterocycles. The highest BCUT2D eigenvalue weighted by atomic mass is 16.4. The van der Waals surface area contributed by atoms with E-state index in [9.17, 15) is 4.79 Å². The Balaban J connectivity index is 1.73. The van der Waals surface area contributed by atoms with Gasteiger partial charge in [-0.1, -0.05) is 35.9 Å². The molecule has 1 saturated heterocycles. The molecule has 2 aromatic rings. The fourth-order valence-corrected chi connectivity index (χ4v) is 3.45. The topological polar surface area (TPSA) is 53.4 Å². The lowest BCUT2D eigenvalue weighted by Gasteiger charge is -2.24. The Morgan fingerprint density at radius 1 is 1.29 bits per heavy atom. The second-order valence-electron chi connectivity index (χ2n) is 6.57. The summed E-state index contributed by atoms with van der Waals surface area (Å²) in [5.74, 6) is -0.774. The lowest BCUT2D eigenvalue weighted by Crippen LogP contribution is -2.23. The molecule has 1 aromatic carbocycles. The average molecular weight is 324 g/mol. The van der Waals surface area contributed by atoms with Gasteiger partial charge in [-0.25, -0.2) is 0 Å². The molecule has 1 fully saturated rings. The third kappa shape index (κ3) is 4.20. The molecule has 1 aromatic heterocycles. The molecule has 4 heteroatoms. The summed E-state index contributed by atoms with van der Waals surface area (Å²) in [6, 6.07) is 15.0. The summed E-state index contributed by atoms with van der Waals surface area (Å²) < 4.78 is 0. The maximum Gasteiger partial charge on any atom is 0.303 e. The first-order valence-corrected chi connectivity index (χ1v) is 8.59. The highest BCUT2D eigenvalue weighted by Gasteiger charge is 2.27. The highest BCUT2D eigenvalue weighted by molar-refractivity contribution is 5.66. The number of aryl methyl sites for hydroxylation is 2. The van der Waals surface area contributed by atoms with Crippen LogP contribution in [-0.2, 0) is 17.8 Å². The number of likely N-dealkylation sites (tertiary alicyclic amines) is 1. The first-order chi connectivity index (χ1) is 11.6. The van der Waals surface area contributed by atoms with E-state index in [-0.39, 0.29) is 6.42 Å². The summed E-state index contributed by atoms with van der Waals surface area (Å²) in [5, 5.41) is 8.85. The zero-order valence-electron chi connectivity index (χ0n) is 14.1. The SMILES string of the molecule is Cc1cccc(CN2CCC[C@H]2c2cccc(CCC(=O)O)n2)c1. The molecule has 126 valence electrons. The van der Waals surface area contributed by atoms with E-state index in [1.54, 1.807) is 0 Å². The van der Waals surface area contributed by atoms with Crippen LogP contribution in [0.5, 0.6) is 0 Å². The van der Waals surface area contributed by atoms with Crippen molar-refractivity contribution in [3.05, 3.63) is 65.0 Å². The van der Waals surface area contributed by atoms with Gasteiger partial charge in [-0.05, 0) is 44.0 Å². The molecule has 3 rings (SSSR count). The van der Waals surface area contributed by atoms with Crippen molar-refractivity contribution in [3.63, 3.8) is 0 Å². The molecule has 1 aliphatic rings. The fraction of sp³-hybridized carbons (Fsp3) is 0.400. The number of pyridine rings is 1. The maximum atomic E-state index is 10.8. The number of carbonyl (C=O) groups is 1. The van der Waals surface area contributed by atoms with Crippen molar-refractivity contribution >= 4 is 5.97 Å². The van der Waals surface area contributed by atoms with Gasteiger partial charge in [0.25, 0.3) is 0 Å². The lowest BCUT2D eigenvalue weighted by atomic mass is 10.1. The Kier molecular flexibility index (Phi) is 5.26. The van der Waals surface area contributed by atoms with Crippen molar-refractivity contribution in [1.29, 1.82) is 0 Å². The molecule has 4 nitrogen and oxygen atoms in total. The first-order valence-electron chi connectivity index (χ1n) is 8.59. The summed E-state index contributed by atoms with van der Waals surface area (Å²) in [4.78, 5) is 18.0. The van der Waals surface area contributed by atoms with E-state index in [0.717, 1.165) is 30.9 Å². The molecule has 0 radical (unpaired) electrons. The van der Waals surface area contributed by atoms with E-state index >= 15 is 0 Å². The van der Waals surface area contributed by atoms with Crippen molar-refractivity contribution in [3.8, 4) is 0 Å². The van der Waals surface area contributed by atoms with Gasteiger partial charge in [-0.2, -0.15) is 0 Å². The summed E-state index contributed by atoms with van der Waals surface area (Å²) >= 11 is 0. The van der Waals surface area contributed by atoms with Crippen LogP contribution in [0.3, 0.4) is 0 Å². The molecular weight excluding hydrogens is 300 g/mol. The molecule has 0 spiro atoms. The fourth-order valence-electron chi connectivity index (χ4n) is 3.45. The van der Waals surface area contributed by atoms with Gasteiger partial charge in [0.15, 0.2) is 0 Å². The zero-order chi connectivity index (χ0) is 16.9. The summed E-state index contributed by atoms with van der Waals surface area (Å²) in [6.07, 6.45) is 2.92. The van der Waals surface area contributed by atoms with Crippen LogP contribution in [0.1, 0.15) is 47.8 Å². The van der Waals surface area contributed by atoms with Gasteiger partial charge in [0.05, 0.1) is 18.2 Å². The van der Waals surface area contributed by atoms with E-state index in [4.69, 9.17) is 10.1 Å². The molecule has 0 unspecified atom stereocenters. The largest absolute Gasteiger partial charge is 0.481 e. The number of benzene rings is 1. The predicted molar refractivity (Wildman–Crippen MR) is 93.8 cm³/mol. The van der Waals surface area contributed by atoms with Gasteiger partial charge in [0.2, 0.25) is 0 Å². The molecule has 1 aliphatic heterocycles. The minimum Gasteiger partial charge on any atom is -0.481 e. The number of nitrogens with zero attached hydrogens (tertiary/aromatic N) is 2. The Morgan fingerprint density at radius 2 is 2.12 bits per heavy atom. The molecule has 24 heavy (non-hydrogen) atoms. The van der Waals surface area contributed by atoms with Gasteiger partial charge < -0.3 is 5.11 Å². The molecule has 1 atom stereocenters. The monoisotopic (exact) mass is 324 g/mol. The molecule has 1 N–H and O–H groups in total. The highest BCUT2D eigenvalue weighted by Crippen LogP contribution is 2.32. The van der Waals surface area contributed by atoms with E-state index in [1.807, 2.05) is 12.1 Å². The van der Waals surface area contributed by atoms with Gasteiger partial charge in [-0.15, -0.1) is 0 Å². The first kappa shape index (κ1) is 16.7. The Bertz CT molecular complexity index is 714. The second-order valence-corrected chi connectivity index (χ2v) is 6.57. The van der Waals surface area contributed by atoms with Crippen molar-refractivity contribution in [2.45, 2.75) is 45.2 Å². The van der Waals surface area contributed by atoms with Crippen molar-refractivity contribution < 1.29 is 9.90 Å². The lowest BCUT2D eigenvalue weighted by molar-refractivity contribution is -0.136. The normalized spacial score (nSPS) is 18.0. The number of aliphatic carboxylic acids is 1. The smallest absolute Gasteiger partial charge is 0.303 e. The number of rotatable bonds is 6. The van der Waals surface area contributed by atoms with Gasteiger partial charge in [-0.3, -0.25) is 14.7 Å². The summed E-state index contributed by atoms with van der Waals surface area (Å²) in [7, 11) is 0. The van der Waals surface area contributed by atoms with Crippen LogP contribution >= 0.6 is 0 Å². The van der Waals surface area contributed by atoms with Gasteiger partial charge >= 0.3 is 5.97 Å². The minimum atomic E-state index is -0.774. The van der Waals surface area contributed by atoms with Crippen molar-refractivity contribution in [2.24, 2.45) is 0 Å². The van der Waals surface area contributed by atoms with Crippen LogP contribution < -0.4 is 0 Å². The van der Waals surface area contributed by atoms with Crippen LogP contribution in [0.4, 0.5) is 0 Å². The number of carboxylic acid groups (broad SMARTS) is 1. The third-order valence-corrected chi connectivity index (χ3v) is 4.60. The van der Waals surface area contributed by atoms with Crippen LogP contribution in [0, 0.1) is 6.92 Å². The number of carboxylic acids is 1. The number of hydrogen-bond donors (Lipinski definition) is 1. The third-order valence-electron chi connectivity index (χ3n) is 4.60.